The number of nitrogens with zero attached hydrogens (tertiary/aromatic N) is 2. The summed E-state index contributed by atoms with van der Waals surface area (Å²) >= 11 is 0. The molecule has 2 rings (SSSR count). The number of aryl methyl sites for hydroxylation is 1. The Morgan fingerprint density at radius 3 is 2.41 bits per heavy atom. The van der Waals surface area contributed by atoms with E-state index in [0.29, 0.717) is 0 Å². The van der Waals surface area contributed by atoms with Gasteiger partial charge >= 0.3 is 0 Å². The average Bonchev–Trinajstić information content (AvgIpc) is 3.03. The average molecular weight is 234 g/mol. The lowest BCUT2D eigenvalue weighted by Gasteiger charge is -2.09. The normalized spacial score (nSPS) is 22.3. The fraction of sp³-hybridized carbons (Fsp3) is 0.692. The van der Waals surface area contributed by atoms with E-state index >= 15 is 0 Å². The molecule has 0 bridgehead atoms. The van der Waals surface area contributed by atoms with Crippen molar-refractivity contribution in [2.45, 2.75) is 33.6 Å². The zero-order valence-electron chi connectivity index (χ0n) is 11.0. The van der Waals surface area contributed by atoms with Gasteiger partial charge in [-0.3, -0.25) is 0 Å². The van der Waals surface area contributed by atoms with Gasteiger partial charge in [-0.1, -0.05) is 13.8 Å². The Balaban J connectivity index is 2.00. The molecule has 4 nitrogen and oxygen atoms in total. The predicted molar refractivity (Wildman–Crippen MR) is 71.3 cm³/mol. The molecule has 2 N–H and O–H groups in total. The van der Waals surface area contributed by atoms with E-state index in [0.717, 1.165) is 48.8 Å². The smallest absolute Gasteiger partial charge is 0.132 e. The summed E-state index contributed by atoms with van der Waals surface area (Å²) in [5.74, 6) is 4.48. The van der Waals surface area contributed by atoms with E-state index < -0.39 is 0 Å². The third-order valence-corrected chi connectivity index (χ3v) is 3.27. The Morgan fingerprint density at radius 1 is 1.24 bits per heavy atom. The third kappa shape index (κ3) is 3.32. The van der Waals surface area contributed by atoms with Crippen LogP contribution >= 0.6 is 0 Å². The highest BCUT2D eigenvalue weighted by Crippen LogP contribution is 2.37. The highest BCUT2D eigenvalue weighted by Gasteiger charge is 2.31. The highest BCUT2D eigenvalue weighted by molar-refractivity contribution is 5.47. The van der Waals surface area contributed by atoms with Gasteiger partial charge in [-0.2, -0.15) is 0 Å². The first-order valence-corrected chi connectivity index (χ1v) is 6.58. The van der Waals surface area contributed by atoms with Gasteiger partial charge in [-0.05, 0) is 25.2 Å². The van der Waals surface area contributed by atoms with E-state index in [-0.39, 0.29) is 0 Å². The Morgan fingerprint density at radius 2 is 1.88 bits per heavy atom. The standard InChI is InChI=1S/C13H22N4/c1-4-11-16-12(14-5-2)7-13(17-11)15-8-10-6-9(10)3/h7,9-10H,4-6,8H2,1-3H3,(H2,14,15,16,17). The third-order valence-electron chi connectivity index (χ3n) is 3.27. The van der Waals surface area contributed by atoms with E-state index in [9.17, 15) is 0 Å². The van der Waals surface area contributed by atoms with Crippen LogP contribution in [0.15, 0.2) is 6.07 Å². The van der Waals surface area contributed by atoms with Crippen LogP contribution in [0.2, 0.25) is 0 Å². The van der Waals surface area contributed by atoms with Gasteiger partial charge in [0.05, 0.1) is 0 Å². The minimum Gasteiger partial charge on any atom is -0.370 e. The monoisotopic (exact) mass is 234 g/mol. The summed E-state index contributed by atoms with van der Waals surface area (Å²) in [7, 11) is 0. The molecule has 0 saturated heterocycles. The Bertz CT molecular complexity index is 378. The van der Waals surface area contributed by atoms with Crippen LogP contribution in [0.1, 0.15) is 33.0 Å². The predicted octanol–water partition coefficient (Wildman–Crippen LogP) is 2.54. The molecule has 1 heterocycles. The van der Waals surface area contributed by atoms with Crippen LogP contribution in [0.5, 0.6) is 0 Å². The van der Waals surface area contributed by atoms with Crippen molar-refractivity contribution in [2.24, 2.45) is 11.8 Å². The summed E-state index contributed by atoms with van der Waals surface area (Å²) in [5, 5.41) is 6.66. The number of aromatic nitrogens is 2. The van der Waals surface area contributed by atoms with Gasteiger partial charge in [0.1, 0.15) is 17.5 Å². The van der Waals surface area contributed by atoms with Gasteiger partial charge in [0.2, 0.25) is 0 Å². The molecular formula is C13H22N4. The van der Waals surface area contributed by atoms with Crippen LogP contribution in [0.25, 0.3) is 0 Å². The van der Waals surface area contributed by atoms with Crippen molar-refractivity contribution in [2.75, 3.05) is 23.7 Å². The maximum Gasteiger partial charge on any atom is 0.132 e. The molecule has 1 saturated carbocycles. The Kier molecular flexibility index (Phi) is 3.82. The first-order chi connectivity index (χ1) is 8.22. The molecule has 0 amide bonds. The van der Waals surface area contributed by atoms with Crippen molar-refractivity contribution in [3.8, 4) is 0 Å². The van der Waals surface area contributed by atoms with E-state index in [1.165, 1.54) is 6.42 Å². The molecule has 0 aliphatic heterocycles. The summed E-state index contributed by atoms with van der Waals surface area (Å²) < 4.78 is 0. The summed E-state index contributed by atoms with van der Waals surface area (Å²) in [6.07, 6.45) is 2.21. The molecule has 4 heteroatoms. The SMILES string of the molecule is CCNc1cc(NCC2CC2C)nc(CC)n1. The molecule has 1 fully saturated rings. The highest BCUT2D eigenvalue weighted by atomic mass is 15.1. The van der Waals surface area contributed by atoms with Gasteiger partial charge in [-0.25, -0.2) is 9.97 Å². The van der Waals surface area contributed by atoms with E-state index in [1.54, 1.807) is 0 Å². The molecule has 0 aromatic carbocycles. The van der Waals surface area contributed by atoms with Crippen molar-refractivity contribution in [1.29, 1.82) is 0 Å². The maximum absolute atomic E-state index is 4.50. The lowest BCUT2D eigenvalue weighted by atomic mass is 10.3. The van der Waals surface area contributed by atoms with E-state index in [1.807, 2.05) is 6.07 Å². The largest absolute Gasteiger partial charge is 0.370 e. The molecule has 94 valence electrons. The molecule has 2 atom stereocenters. The molecule has 1 aliphatic rings. The first kappa shape index (κ1) is 12.1. The van der Waals surface area contributed by atoms with Crippen LogP contribution in [-0.4, -0.2) is 23.1 Å². The molecule has 0 spiro atoms. The van der Waals surface area contributed by atoms with Crippen molar-refractivity contribution < 1.29 is 0 Å². The van der Waals surface area contributed by atoms with Gasteiger partial charge < -0.3 is 10.6 Å². The zero-order chi connectivity index (χ0) is 12.3. The fourth-order valence-electron chi connectivity index (χ4n) is 1.94. The second-order valence-corrected chi connectivity index (χ2v) is 4.79. The lowest BCUT2D eigenvalue weighted by Crippen LogP contribution is -2.10. The number of hydrogen-bond acceptors (Lipinski definition) is 4. The second kappa shape index (κ2) is 5.34. The molecular weight excluding hydrogens is 212 g/mol. The van der Waals surface area contributed by atoms with Gasteiger partial charge in [0.25, 0.3) is 0 Å². The van der Waals surface area contributed by atoms with Crippen LogP contribution in [0.3, 0.4) is 0 Å². The van der Waals surface area contributed by atoms with Crippen LogP contribution in [0, 0.1) is 11.8 Å². The fourth-order valence-corrected chi connectivity index (χ4v) is 1.94. The molecule has 1 aromatic heterocycles. The minimum atomic E-state index is 0.831. The van der Waals surface area contributed by atoms with Crippen molar-refractivity contribution in [3.63, 3.8) is 0 Å². The molecule has 1 aromatic rings. The zero-order valence-corrected chi connectivity index (χ0v) is 11.0. The summed E-state index contributed by atoms with van der Waals surface area (Å²) in [5.41, 5.74) is 0. The quantitative estimate of drug-likeness (QED) is 0.794. The molecule has 0 radical (unpaired) electrons. The molecule has 1 aliphatic carbocycles. The molecule has 17 heavy (non-hydrogen) atoms. The summed E-state index contributed by atoms with van der Waals surface area (Å²) in [6.45, 7) is 8.38. The van der Waals surface area contributed by atoms with Crippen molar-refractivity contribution in [1.82, 2.24) is 9.97 Å². The number of rotatable bonds is 6. The number of anilines is 2. The van der Waals surface area contributed by atoms with E-state index in [4.69, 9.17) is 0 Å². The molecule has 2 unspecified atom stereocenters. The van der Waals surface area contributed by atoms with Gasteiger partial charge in [0.15, 0.2) is 0 Å². The number of nitrogens with one attached hydrogen (secondary N) is 2. The Labute approximate surface area is 103 Å². The van der Waals surface area contributed by atoms with Crippen LogP contribution in [0.4, 0.5) is 11.6 Å². The van der Waals surface area contributed by atoms with E-state index in [2.05, 4.69) is 41.4 Å². The maximum atomic E-state index is 4.50. The Hall–Kier alpha value is -1.32. The van der Waals surface area contributed by atoms with Crippen LogP contribution < -0.4 is 10.6 Å². The summed E-state index contributed by atoms with van der Waals surface area (Å²) in [4.78, 5) is 8.93. The second-order valence-electron chi connectivity index (χ2n) is 4.79. The number of hydrogen-bond donors (Lipinski definition) is 2. The van der Waals surface area contributed by atoms with Crippen molar-refractivity contribution >= 4 is 11.6 Å². The van der Waals surface area contributed by atoms with Crippen LogP contribution in [-0.2, 0) is 6.42 Å². The van der Waals surface area contributed by atoms with Gasteiger partial charge in [-0.15, -0.1) is 0 Å². The van der Waals surface area contributed by atoms with Crippen molar-refractivity contribution in [3.05, 3.63) is 11.9 Å². The first-order valence-electron chi connectivity index (χ1n) is 6.58. The summed E-state index contributed by atoms with van der Waals surface area (Å²) in [6, 6.07) is 2.00. The lowest BCUT2D eigenvalue weighted by molar-refractivity contribution is 0.782. The van der Waals surface area contributed by atoms with Gasteiger partial charge in [0, 0.05) is 25.6 Å². The minimum absolute atomic E-state index is 0.831. The topological polar surface area (TPSA) is 49.8 Å².